The second kappa shape index (κ2) is 4.15. The Morgan fingerprint density at radius 1 is 1.26 bits per heavy atom. The van der Waals surface area contributed by atoms with Gasteiger partial charge >= 0.3 is 6.09 Å². The molecule has 0 saturated heterocycles. The summed E-state index contributed by atoms with van der Waals surface area (Å²) in [6, 6.07) is 6.32. The highest BCUT2D eigenvalue weighted by Gasteiger charge is 2.34. The van der Waals surface area contributed by atoms with Gasteiger partial charge in [-0.3, -0.25) is 0 Å². The van der Waals surface area contributed by atoms with Crippen LogP contribution in [0.4, 0.5) is 10.5 Å². The molecule has 19 heavy (non-hydrogen) atoms. The van der Waals surface area contributed by atoms with E-state index >= 15 is 0 Å². The minimum Gasteiger partial charge on any atom is -0.465 e. The number of rotatable bonds is 0. The third-order valence-electron chi connectivity index (χ3n) is 4.44. The van der Waals surface area contributed by atoms with E-state index in [1.165, 1.54) is 16.2 Å². The summed E-state index contributed by atoms with van der Waals surface area (Å²) < 4.78 is 0. The van der Waals surface area contributed by atoms with Gasteiger partial charge in [-0.1, -0.05) is 32.0 Å². The molecule has 0 saturated carbocycles. The minimum atomic E-state index is -0.822. The first-order valence-electron chi connectivity index (χ1n) is 6.84. The largest absolute Gasteiger partial charge is 0.465 e. The zero-order valence-electron chi connectivity index (χ0n) is 11.5. The molecular weight excluding hydrogens is 240 g/mol. The number of hydrogen-bond donors (Lipinski definition) is 1. The molecule has 4 heteroatoms. The number of carboxylic acid groups (broad SMARTS) is 1. The summed E-state index contributed by atoms with van der Waals surface area (Å²) in [5, 5.41) is 9.24. The molecule has 0 aromatic heterocycles. The van der Waals surface area contributed by atoms with Crippen molar-refractivity contribution in [3.8, 4) is 0 Å². The van der Waals surface area contributed by atoms with E-state index in [2.05, 4.69) is 36.9 Å². The Morgan fingerprint density at radius 3 is 2.79 bits per heavy atom. The lowest BCUT2D eigenvalue weighted by molar-refractivity contribution is 0.144. The molecule has 1 amide bonds. The molecule has 0 spiro atoms. The van der Waals surface area contributed by atoms with Crippen LogP contribution >= 0.6 is 0 Å². The molecule has 0 bridgehead atoms. The van der Waals surface area contributed by atoms with Gasteiger partial charge in [0.1, 0.15) is 0 Å². The highest BCUT2D eigenvalue weighted by atomic mass is 16.4. The molecular formula is C15H20N2O2. The normalized spacial score (nSPS) is 20.7. The van der Waals surface area contributed by atoms with Crippen LogP contribution in [0.5, 0.6) is 0 Å². The maximum absolute atomic E-state index is 11.2. The zero-order chi connectivity index (χ0) is 13.6. The molecule has 2 aliphatic rings. The maximum atomic E-state index is 11.2. The fourth-order valence-corrected chi connectivity index (χ4v) is 3.21. The predicted molar refractivity (Wildman–Crippen MR) is 74.7 cm³/mol. The molecule has 0 aliphatic carbocycles. The van der Waals surface area contributed by atoms with Gasteiger partial charge in [0.15, 0.2) is 0 Å². The van der Waals surface area contributed by atoms with Crippen LogP contribution in [0, 0.1) is 0 Å². The predicted octanol–water partition coefficient (Wildman–Crippen LogP) is 2.67. The zero-order valence-corrected chi connectivity index (χ0v) is 11.5. The van der Waals surface area contributed by atoms with Gasteiger partial charge in [0, 0.05) is 25.3 Å². The lowest BCUT2D eigenvalue weighted by Gasteiger charge is -2.40. The Bertz CT molecular complexity index is 525. The molecule has 3 rings (SSSR count). The van der Waals surface area contributed by atoms with Crippen molar-refractivity contribution in [2.45, 2.75) is 32.2 Å². The van der Waals surface area contributed by atoms with Crippen molar-refractivity contribution in [1.82, 2.24) is 4.90 Å². The lowest BCUT2D eigenvalue weighted by Crippen LogP contribution is -2.40. The Balaban J connectivity index is 2.10. The van der Waals surface area contributed by atoms with E-state index < -0.39 is 6.09 Å². The highest BCUT2D eigenvalue weighted by molar-refractivity contribution is 5.69. The van der Waals surface area contributed by atoms with Gasteiger partial charge in [0.25, 0.3) is 0 Å². The number of carbonyl (C=O) groups is 1. The Hall–Kier alpha value is -1.71. The molecule has 1 aromatic rings. The van der Waals surface area contributed by atoms with Crippen LogP contribution in [0.2, 0.25) is 0 Å². The van der Waals surface area contributed by atoms with Crippen molar-refractivity contribution in [2.75, 3.05) is 24.5 Å². The van der Waals surface area contributed by atoms with Gasteiger partial charge < -0.3 is 14.9 Å². The fraction of sp³-hybridized carbons (Fsp3) is 0.533. The van der Waals surface area contributed by atoms with Gasteiger partial charge in [0.05, 0.1) is 6.54 Å². The monoisotopic (exact) mass is 260 g/mol. The molecule has 1 aromatic carbocycles. The quantitative estimate of drug-likeness (QED) is 0.780. The third kappa shape index (κ3) is 1.95. The average Bonchev–Trinajstić information content (AvgIpc) is 2.54. The summed E-state index contributed by atoms with van der Waals surface area (Å²) in [7, 11) is 0. The van der Waals surface area contributed by atoms with Gasteiger partial charge in [-0.2, -0.15) is 0 Å². The van der Waals surface area contributed by atoms with E-state index in [-0.39, 0.29) is 5.41 Å². The van der Waals surface area contributed by atoms with E-state index in [1.54, 1.807) is 0 Å². The summed E-state index contributed by atoms with van der Waals surface area (Å²) >= 11 is 0. The van der Waals surface area contributed by atoms with Crippen LogP contribution < -0.4 is 4.90 Å². The first-order valence-corrected chi connectivity index (χ1v) is 6.84. The molecule has 0 radical (unpaired) electrons. The molecule has 1 N–H and O–H groups in total. The maximum Gasteiger partial charge on any atom is 0.407 e. The Kier molecular flexibility index (Phi) is 2.69. The number of nitrogens with zero attached hydrogens (tertiary/aromatic N) is 2. The Labute approximate surface area is 113 Å². The third-order valence-corrected chi connectivity index (χ3v) is 4.44. The topological polar surface area (TPSA) is 43.8 Å². The van der Waals surface area contributed by atoms with E-state index in [9.17, 15) is 9.90 Å². The number of para-hydroxylation sites is 1. The average molecular weight is 260 g/mol. The summed E-state index contributed by atoms with van der Waals surface area (Å²) in [6.07, 6.45) is 0.299. The van der Waals surface area contributed by atoms with E-state index in [1.807, 2.05) is 0 Å². The number of anilines is 1. The van der Waals surface area contributed by atoms with Crippen molar-refractivity contribution in [3.63, 3.8) is 0 Å². The van der Waals surface area contributed by atoms with Crippen LogP contribution in [0.1, 0.15) is 31.4 Å². The molecule has 102 valence electrons. The number of hydrogen-bond acceptors (Lipinski definition) is 2. The van der Waals surface area contributed by atoms with Gasteiger partial charge in [-0.25, -0.2) is 4.79 Å². The van der Waals surface area contributed by atoms with Crippen molar-refractivity contribution in [3.05, 3.63) is 29.3 Å². The van der Waals surface area contributed by atoms with Crippen LogP contribution in [0.15, 0.2) is 18.2 Å². The SMILES string of the molecule is CC1(C)CCN2CCN(C(=O)O)Cc3cccc1c32. The van der Waals surface area contributed by atoms with Crippen LogP contribution in [0.3, 0.4) is 0 Å². The Morgan fingerprint density at radius 2 is 2.05 bits per heavy atom. The van der Waals surface area contributed by atoms with Gasteiger partial charge in [-0.05, 0) is 23.0 Å². The number of benzene rings is 1. The first kappa shape index (κ1) is 12.3. The van der Waals surface area contributed by atoms with Gasteiger partial charge in [0.2, 0.25) is 0 Å². The van der Waals surface area contributed by atoms with E-state index in [0.29, 0.717) is 13.1 Å². The first-order chi connectivity index (χ1) is 8.99. The molecule has 0 atom stereocenters. The summed E-state index contributed by atoms with van der Waals surface area (Å²) in [5.74, 6) is 0. The van der Waals surface area contributed by atoms with Crippen molar-refractivity contribution < 1.29 is 9.90 Å². The minimum absolute atomic E-state index is 0.181. The van der Waals surface area contributed by atoms with Crippen molar-refractivity contribution in [1.29, 1.82) is 0 Å². The molecule has 2 aliphatic heterocycles. The fourth-order valence-electron chi connectivity index (χ4n) is 3.21. The van der Waals surface area contributed by atoms with Gasteiger partial charge in [-0.15, -0.1) is 0 Å². The second-order valence-electron chi connectivity index (χ2n) is 6.14. The van der Waals surface area contributed by atoms with Crippen LogP contribution in [-0.4, -0.2) is 35.7 Å². The lowest BCUT2D eigenvalue weighted by atomic mass is 9.77. The second-order valence-corrected chi connectivity index (χ2v) is 6.14. The number of amides is 1. The summed E-state index contributed by atoms with van der Waals surface area (Å²) in [4.78, 5) is 15.1. The highest BCUT2D eigenvalue weighted by Crippen LogP contribution is 2.42. The summed E-state index contributed by atoms with van der Waals surface area (Å²) in [5.41, 5.74) is 3.97. The summed E-state index contributed by atoms with van der Waals surface area (Å²) in [6.45, 7) is 7.46. The molecule has 2 heterocycles. The molecule has 0 fully saturated rings. The standard InChI is InChI=1S/C15H20N2O2/c1-15(2)6-7-16-8-9-17(14(18)19)10-11-4-3-5-12(15)13(11)16/h3-5H,6-10H2,1-2H3,(H,18,19). The van der Waals surface area contributed by atoms with E-state index in [4.69, 9.17) is 0 Å². The molecule has 0 unspecified atom stereocenters. The van der Waals surface area contributed by atoms with Crippen LogP contribution in [0.25, 0.3) is 0 Å². The smallest absolute Gasteiger partial charge is 0.407 e. The van der Waals surface area contributed by atoms with Crippen LogP contribution in [-0.2, 0) is 12.0 Å². The van der Waals surface area contributed by atoms with E-state index in [0.717, 1.165) is 25.1 Å². The van der Waals surface area contributed by atoms with Crippen molar-refractivity contribution >= 4 is 11.8 Å². The van der Waals surface area contributed by atoms with Crippen molar-refractivity contribution in [2.24, 2.45) is 0 Å². The molecule has 4 nitrogen and oxygen atoms in total.